The van der Waals surface area contributed by atoms with Crippen molar-refractivity contribution in [1.82, 2.24) is 4.90 Å². The van der Waals surface area contributed by atoms with Gasteiger partial charge in [0.1, 0.15) is 11.3 Å². The van der Waals surface area contributed by atoms with E-state index in [4.69, 9.17) is 13.6 Å². The van der Waals surface area contributed by atoms with Gasteiger partial charge in [0.2, 0.25) is 0 Å². The van der Waals surface area contributed by atoms with Crippen molar-refractivity contribution < 1.29 is 18.4 Å². The molecule has 1 atom stereocenters. The van der Waals surface area contributed by atoms with Crippen LogP contribution in [0.2, 0.25) is 0 Å². The maximum Gasteiger partial charge on any atom is 0.290 e. The summed E-state index contributed by atoms with van der Waals surface area (Å²) in [6.07, 6.45) is 3.42. The number of carbonyl (C=O) groups excluding carboxylic acids is 1. The zero-order valence-electron chi connectivity index (χ0n) is 14.5. The normalized spacial score (nSPS) is 16.7. The molecule has 1 saturated heterocycles. The monoisotopic (exact) mass is 431 g/mol. The minimum absolute atomic E-state index is 0.00940. The summed E-state index contributed by atoms with van der Waals surface area (Å²) in [5, 5.41) is 0.437. The fourth-order valence-corrected chi connectivity index (χ4v) is 3.57. The second-order valence-corrected chi connectivity index (χ2v) is 7.43. The van der Waals surface area contributed by atoms with Gasteiger partial charge in [-0.2, -0.15) is 0 Å². The Balaban J connectivity index is 1.67. The van der Waals surface area contributed by atoms with E-state index in [0.717, 1.165) is 17.3 Å². The molecular weight excluding hydrogens is 414 g/mol. The molecule has 2 aromatic heterocycles. The summed E-state index contributed by atoms with van der Waals surface area (Å²) < 4.78 is 17.6. The predicted molar refractivity (Wildman–Crippen MR) is 103 cm³/mol. The van der Waals surface area contributed by atoms with Crippen LogP contribution in [0.15, 0.2) is 60.8 Å². The lowest BCUT2D eigenvalue weighted by molar-refractivity contribution is 0.0469. The van der Waals surface area contributed by atoms with E-state index in [1.54, 1.807) is 35.4 Å². The van der Waals surface area contributed by atoms with Gasteiger partial charge in [0.15, 0.2) is 11.2 Å². The van der Waals surface area contributed by atoms with E-state index in [0.29, 0.717) is 29.9 Å². The summed E-state index contributed by atoms with van der Waals surface area (Å²) in [5.74, 6) is 0.309. The molecule has 1 unspecified atom stereocenters. The molecule has 4 rings (SSSR count). The SMILES string of the molecule is O=C(c1cc(=O)c2ccc(Br)cc2o1)N(Cc1ccco1)CC1CCCO1. The maximum absolute atomic E-state index is 13.1. The van der Waals surface area contributed by atoms with E-state index in [9.17, 15) is 9.59 Å². The minimum atomic E-state index is -0.360. The molecule has 3 heterocycles. The van der Waals surface area contributed by atoms with Gasteiger partial charge in [0.25, 0.3) is 5.91 Å². The van der Waals surface area contributed by atoms with Crippen LogP contribution in [-0.2, 0) is 11.3 Å². The van der Waals surface area contributed by atoms with Crippen molar-refractivity contribution in [3.05, 3.63) is 68.9 Å². The number of nitrogens with zero attached hydrogens (tertiary/aromatic N) is 1. The molecule has 0 saturated carbocycles. The number of halogens is 1. The van der Waals surface area contributed by atoms with E-state index >= 15 is 0 Å². The Morgan fingerprint density at radius 2 is 2.15 bits per heavy atom. The molecule has 1 amide bonds. The number of benzene rings is 1. The van der Waals surface area contributed by atoms with E-state index in [2.05, 4.69) is 15.9 Å². The number of carbonyl (C=O) groups is 1. The summed E-state index contributed by atoms with van der Waals surface area (Å²) in [4.78, 5) is 27.1. The van der Waals surface area contributed by atoms with Gasteiger partial charge in [0.05, 0.1) is 24.3 Å². The van der Waals surface area contributed by atoms with E-state index in [1.807, 2.05) is 6.07 Å². The summed E-state index contributed by atoms with van der Waals surface area (Å²) in [5.41, 5.74) is 0.123. The van der Waals surface area contributed by atoms with Gasteiger partial charge in [-0.15, -0.1) is 0 Å². The Hall–Kier alpha value is -2.38. The molecule has 3 aromatic rings. The van der Waals surface area contributed by atoms with Crippen LogP contribution in [0.4, 0.5) is 0 Å². The topological polar surface area (TPSA) is 72.9 Å². The number of rotatable bonds is 5. The lowest BCUT2D eigenvalue weighted by atomic mass is 10.2. The standard InChI is InChI=1S/C20H18BrNO5/c21-13-5-6-16-17(23)10-19(27-18(16)9-13)20(24)22(11-14-3-1-7-25-14)12-15-4-2-8-26-15/h1,3,5-7,9-10,15H,2,4,8,11-12H2. The van der Waals surface area contributed by atoms with Crippen molar-refractivity contribution in [1.29, 1.82) is 0 Å². The number of ether oxygens (including phenoxy) is 1. The molecule has 0 aliphatic carbocycles. The van der Waals surface area contributed by atoms with Gasteiger partial charge in [-0.05, 0) is 43.2 Å². The first kappa shape index (κ1) is 18.0. The summed E-state index contributed by atoms with van der Waals surface area (Å²) in [7, 11) is 0. The van der Waals surface area contributed by atoms with Gasteiger partial charge >= 0.3 is 0 Å². The molecule has 140 valence electrons. The van der Waals surface area contributed by atoms with Gasteiger partial charge < -0.3 is 18.5 Å². The fraction of sp³-hybridized carbons (Fsp3) is 0.300. The maximum atomic E-state index is 13.1. The van der Waals surface area contributed by atoms with Crippen molar-refractivity contribution in [2.24, 2.45) is 0 Å². The highest BCUT2D eigenvalue weighted by Gasteiger charge is 2.26. The van der Waals surface area contributed by atoms with Crippen molar-refractivity contribution in [2.45, 2.75) is 25.5 Å². The zero-order valence-corrected chi connectivity index (χ0v) is 16.1. The first-order valence-electron chi connectivity index (χ1n) is 8.77. The van der Waals surface area contributed by atoms with Gasteiger partial charge in [-0.25, -0.2) is 0 Å². The molecule has 6 nitrogen and oxygen atoms in total. The second-order valence-electron chi connectivity index (χ2n) is 6.52. The summed E-state index contributed by atoms with van der Waals surface area (Å²) in [6.45, 7) is 1.40. The average molecular weight is 432 g/mol. The van der Waals surface area contributed by atoms with Crippen molar-refractivity contribution in [3.63, 3.8) is 0 Å². The Morgan fingerprint density at radius 1 is 1.26 bits per heavy atom. The predicted octanol–water partition coefficient (Wildman–Crippen LogP) is 3.97. The first-order chi connectivity index (χ1) is 13.1. The highest BCUT2D eigenvalue weighted by molar-refractivity contribution is 9.10. The first-order valence-corrected chi connectivity index (χ1v) is 9.56. The van der Waals surface area contributed by atoms with Gasteiger partial charge in [-0.3, -0.25) is 9.59 Å². The number of amides is 1. The molecule has 0 N–H and O–H groups in total. The molecule has 0 bridgehead atoms. The smallest absolute Gasteiger partial charge is 0.290 e. The van der Waals surface area contributed by atoms with Crippen molar-refractivity contribution in [2.75, 3.05) is 13.2 Å². The molecule has 1 aliphatic heterocycles. The van der Waals surface area contributed by atoms with Crippen LogP contribution < -0.4 is 5.43 Å². The van der Waals surface area contributed by atoms with Gasteiger partial charge in [0, 0.05) is 23.7 Å². The number of fused-ring (bicyclic) bond motifs is 1. The quantitative estimate of drug-likeness (QED) is 0.610. The highest BCUT2D eigenvalue weighted by atomic mass is 79.9. The van der Waals surface area contributed by atoms with Crippen LogP contribution >= 0.6 is 15.9 Å². The van der Waals surface area contributed by atoms with E-state index < -0.39 is 0 Å². The lowest BCUT2D eigenvalue weighted by Crippen LogP contribution is -2.37. The summed E-state index contributed by atoms with van der Waals surface area (Å²) >= 11 is 3.36. The number of furan rings is 1. The average Bonchev–Trinajstić information content (AvgIpc) is 3.34. The Morgan fingerprint density at radius 3 is 2.89 bits per heavy atom. The van der Waals surface area contributed by atoms with E-state index in [1.165, 1.54) is 6.07 Å². The van der Waals surface area contributed by atoms with Crippen LogP contribution in [0.25, 0.3) is 11.0 Å². The van der Waals surface area contributed by atoms with Crippen LogP contribution in [-0.4, -0.2) is 30.1 Å². The molecule has 1 aromatic carbocycles. The van der Waals surface area contributed by atoms with Crippen LogP contribution in [0.3, 0.4) is 0 Å². The molecule has 0 radical (unpaired) electrons. The molecular formula is C20H18BrNO5. The third-order valence-electron chi connectivity index (χ3n) is 4.56. The second kappa shape index (κ2) is 7.70. The molecule has 0 spiro atoms. The highest BCUT2D eigenvalue weighted by Crippen LogP contribution is 2.21. The molecule has 1 fully saturated rings. The molecule has 27 heavy (non-hydrogen) atoms. The van der Waals surface area contributed by atoms with Crippen LogP contribution in [0.1, 0.15) is 29.2 Å². The van der Waals surface area contributed by atoms with Crippen molar-refractivity contribution in [3.8, 4) is 0 Å². The zero-order chi connectivity index (χ0) is 18.8. The minimum Gasteiger partial charge on any atom is -0.467 e. The lowest BCUT2D eigenvalue weighted by Gasteiger charge is -2.24. The number of hydrogen-bond acceptors (Lipinski definition) is 5. The van der Waals surface area contributed by atoms with Crippen LogP contribution in [0.5, 0.6) is 0 Å². The van der Waals surface area contributed by atoms with Gasteiger partial charge in [-0.1, -0.05) is 15.9 Å². The Labute approximate surface area is 163 Å². The summed E-state index contributed by atoms with van der Waals surface area (Å²) in [6, 6.07) is 9.96. The van der Waals surface area contributed by atoms with Crippen molar-refractivity contribution >= 4 is 32.8 Å². The third-order valence-corrected chi connectivity index (χ3v) is 5.06. The number of hydrogen-bond donors (Lipinski definition) is 0. The largest absolute Gasteiger partial charge is 0.467 e. The Kier molecular flexibility index (Phi) is 5.13. The van der Waals surface area contributed by atoms with E-state index in [-0.39, 0.29) is 29.7 Å². The van der Waals surface area contributed by atoms with Crippen LogP contribution in [0, 0.1) is 0 Å². The Bertz CT molecular complexity index is 1000. The molecule has 1 aliphatic rings. The fourth-order valence-electron chi connectivity index (χ4n) is 3.23. The third kappa shape index (κ3) is 3.99. The molecule has 7 heteroatoms.